The predicted octanol–water partition coefficient (Wildman–Crippen LogP) is 4.67. The topological polar surface area (TPSA) is 71.0 Å². The molecular weight excluding hydrogens is 505 g/mol. The molecule has 0 atom stereocenters. The van der Waals surface area contributed by atoms with E-state index in [4.69, 9.17) is 14.5 Å². The third-order valence-electron chi connectivity index (χ3n) is 4.98. The summed E-state index contributed by atoms with van der Waals surface area (Å²) in [6.07, 6.45) is 5.68. The molecule has 1 aliphatic rings. The van der Waals surface area contributed by atoms with Crippen molar-refractivity contribution in [1.82, 2.24) is 10.3 Å². The van der Waals surface area contributed by atoms with E-state index in [1.54, 1.807) is 7.11 Å². The first-order valence-electron chi connectivity index (χ1n) is 10.8. The molecule has 0 amide bonds. The monoisotopic (exact) mass is 539 g/mol. The lowest BCUT2D eigenvalue weighted by atomic mass is 10.1. The van der Waals surface area contributed by atoms with Gasteiger partial charge in [0.2, 0.25) is 0 Å². The van der Waals surface area contributed by atoms with Gasteiger partial charge in [0.15, 0.2) is 17.5 Å². The SMILES string of the molecule is CCNC(=NCc1ccnc(N2CCCCC2)c1)Nc1ccc(OC)c(OCC)c1.I. The molecule has 0 spiro atoms. The van der Waals surface area contributed by atoms with Crippen LogP contribution in [0.5, 0.6) is 11.5 Å². The zero-order valence-electron chi connectivity index (χ0n) is 18.7. The normalized spacial score (nSPS) is 13.9. The molecular formula is C23H34IN5O2. The highest BCUT2D eigenvalue weighted by atomic mass is 127. The van der Waals surface area contributed by atoms with E-state index < -0.39 is 0 Å². The van der Waals surface area contributed by atoms with Crippen LogP contribution in [0.1, 0.15) is 38.7 Å². The van der Waals surface area contributed by atoms with Gasteiger partial charge < -0.3 is 25.0 Å². The average molecular weight is 539 g/mol. The summed E-state index contributed by atoms with van der Waals surface area (Å²) in [4.78, 5) is 11.7. The first kappa shape index (κ1) is 25.0. The Morgan fingerprint density at radius 3 is 2.61 bits per heavy atom. The van der Waals surface area contributed by atoms with Gasteiger partial charge in [-0.05, 0) is 62.9 Å². The molecule has 1 aliphatic heterocycles. The van der Waals surface area contributed by atoms with E-state index in [0.29, 0.717) is 24.7 Å². The van der Waals surface area contributed by atoms with Crippen LogP contribution in [0, 0.1) is 0 Å². The zero-order chi connectivity index (χ0) is 21.2. The molecule has 1 aromatic carbocycles. The van der Waals surface area contributed by atoms with Gasteiger partial charge in [-0.25, -0.2) is 9.98 Å². The number of benzene rings is 1. The molecule has 1 fully saturated rings. The molecule has 3 rings (SSSR count). The fraction of sp³-hybridized carbons (Fsp3) is 0.478. The third kappa shape index (κ3) is 7.45. The molecule has 0 bridgehead atoms. The van der Waals surface area contributed by atoms with Crippen LogP contribution in [0.3, 0.4) is 0 Å². The van der Waals surface area contributed by atoms with Crippen LogP contribution in [0.2, 0.25) is 0 Å². The summed E-state index contributed by atoms with van der Waals surface area (Å²) in [5.41, 5.74) is 2.04. The first-order chi connectivity index (χ1) is 14.7. The van der Waals surface area contributed by atoms with Crippen LogP contribution >= 0.6 is 24.0 Å². The average Bonchev–Trinajstić information content (AvgIpc) is 2.79. The Hall–Kier alpha value is -2.23. The van der Waals surface area contributed by atoms with E-state index in [2.05, 4.69) is 33.5 Å². The Labute approximate surface area is 202 Å². The van der Waals surface area contributed by atoms with Crippen LogP contribution in [-0.4, -0.2) is 44.3 Å². The summed E-state index contributed by atoms with van der Waals surface area (Å²) >= 11 is 0. The smallest absolute Gasteiger partial charge is 0.196 e. The fourth-order valence-corrected chi connectivity index (χ4v) is 3.49. The van der Waals surface area contributed by atoms with Crippen molar-refractivity contribution in [3.8, 4) is 11.5 Å². The first-order valence-corrected chi connectivity index (χ1v) is 10.8. The van der Waals surface area contributed by atoms with Crippen molar-refractivity contribution in [2.45, 2.75) is 39.7 Å². The Kier molecular flexibility index (Phi) is 10.7. The van der Waals surface area contributed by atoms with Gasteiger partial charge in [-0.1, -0.05) is 0 Å². The number of aromatic nitrogens is 1. The number of pyridine rings is 1. The van der Waals surface area contributed by atoms with Gasteiger partial charge in [0.25, 0.3) is 0 Å². The number of piperidine rings is 1. The van der Waals surface area contributed by atoms with Gasteiger partial charge in [-0.2, -0.15) is 0 Å². The Bertz CT molecular complexity index is 840. The van der Waals surface area contributed by atoms with Crippen LogP contribution in [-0.2, 0) is 6.54 Å². The minimum atomic E-state index is 0. The lowest BCUT2D eigenvalue weighted by molar-refractivity contribution is 0.311. The highest BCUT2D eigenvalue weighted by Gasteiger charge is 2.12. The summed E-state index contributed by atoms with van der Waals surface area (Å²) in [6, 6.07) is 9.95. The van der Waals surface area contributed by atoms with E-state index >= 15 is 0 Å². The summed E-state index contributed by atoms with van der Waals surface area (Å²) in [5, 5.41) is 6.66. The maximum absolute atomic E-state index is 5.67. The van der Waals surface area contributed by atoms with E-state index in [0.717, 1.165) is 42.7 Å². The number of hydrogen-bond acceptors (Lipinski definition) is 5. The number of halogens is 1. The molecule has 0 unspecified atom stereocenters. The second-order valence-electron chi connectivity index (χ2n) is 7.19. The zero-order valence-corrected chi connectivity index (χ0v) is 21.0. The molecule has 0 aliphatic carbocycles. The maximum Gasteiger partial charge on any atom is 0.196 e. The second-order valence-corrected chi connectivity index (χ2v) is 7.19. The molecule has 1 saturated heterocycles. The highest BCUT2D eigenvalue weighted by Crippen LogP contribution is 2.30. The lowest BCUT2D eigenvalue weighted by Crippen LogP contribution is -2.31. The minimum absolute atomic E-state index is 0. The van der Waals surface area contributed by atoms with Crippen LogP contribution in [0.15, 0.2) is 41.5 Å². The molecule has 7 nitrogen and oxygen atoms in total. The van der Waals surface area contributed by atoms with Crippen molar-refractivity contribution in [1.29, 1.82) is 0 Å². The number of rotatable bonds is 8. The minimum Gasteiger partial charge on any atom is -0.493 e. The molecule has 2 heterocycles. The van der Waals surface area contributed by atoms with Gasteiger partial charge in [-0.15, -0.1) is 24.0 Å². The van der Waals surface area contributed by atoms with Crippen LogP contribution in [0.25, 0.3) is 0 Å². The molecule has 2 aromatic rings. The number of nitrogens with one attached hydrogen (secondary N) is 2. The standard InChI is InChI=1S/C23H33N5O2.HI/c1-4-24-23(27-19-9-10-20(29-3)21(16-19)30-5-2)26-17-18-11-12-25-22(15-18)28-13-7-6-8-14-28;/h9-12,15-16H,4-8,13-14,17H2,1-3H3,(H2,24,26,27);1H. The highest BCUT2D eigenvalue weighted by molar-refractivity contribution is 14.0. The predicted molar refractivity (Wildman–Crippen MR) is 138 cm³/mol. The van der Waals surface area contributed by atoms with E-state index in [1.165, 1.54) is 19.3 Å². The molecule has 170 valence electrons. The molecule has 1 aromatic heterocycles. The number of aliphatic imine (C=N–C) groups is 1. The van der Waals surface area contributed by atoms with E-state index in [9.17, 15) is 0 Å². The molecule has 2 N–H and O–H groups in total. The number of nitrogens with zero attached hydrogens (tertiary/aromatic N) is 3. The third-order valence-corrected chi connectivity index (χ3v) is 4.98. The maximum atomic E-state index is 5.67. The van der Waals surface area contributed by atoms with Crippen LogP contribution < -0.4 is 25.0 Å². The van der Waals surface area contributed by atoms with E-state index in [1.807, 2.05) is 37.4 Å². The lowest BCUT2D eigenvalue weighted by Gasteiger charge is -2.27. The van der Waals surface area contributed by atoms with Gasteiger partial charge in [0.1, 0.15) is 5.82 Å². The van der Waals surface area contributed by atoms with Crippen molar-refractivity contribution in [3.05, 3.63) is 42.1 Å². The molecule has 0 saturated carbocycles. The number of anilines is 2. The fourth-order valence-electron chi connectivity index (χ4n) is 3.49. The van der Waals surface area contributed by atoms with Crippen LogP contribution in [0.4, 0.5) is 11.5 Å². The quantitative estimate of drug-likeness (QED) is 0.289. The number of hydrogen-bond donors (Lipinski definition) is 2. The van der Waals surface area contributed by atoms with Crippen molar-refractivity contribution < 1.29 is 9.47 Å². The van der Waals surface area contributed by atoms with Gasteiger partial charge >= 0.3 is 0 Å². The molecule has 31 heavy (non-hydrogen) atoms. The van der Waals surface area contributed by atoms with E-state index in [-0.39, 0.29) is 24.0 Å². The number of methoxy groups -OCH3 is 1. The number of ether oxygens (including phenoxy) is 2. The Morgan fingerprint density at radius 2 is 1.90 bits per heavy atom. The summed E-state index contributed by atoms with van der Waals surface area (Å²) < 4.78 is 11.0. The largest absolute Gasteiger partial charge is 0.493 e. The van der Waals surface area contributed by atoms with Gasteiger partial charge in [-0.3, -0.25) is 0 Å². The number of guanidine groups is 1. The summed E-state index contributed by atoms with van der Waals surface area (Å²) in [5.74, 6) is 3.20. The Balaban J connectivity index is 0.00000341. The summed E-state index contributed by atoms with van der Waals surface area (Å²) in [6.45, 7) is 8.11. The second kappa shape index (κ2) is 13.2. The van der Waals surface area contributed by atoms with Crippen molar-refractivity contribution in [2.24, 2.45) is 4.99 Å². The van der Waals surface area contributed by atoms with Crippen molar-refractivity contribution in [2.75, 3.05) is 43.6 Å². The van der Waals surface area contributed by atoms with Gasteiger partial charge in [0, 0.05) is 37.6 Å². The molecule has 0 radical (unpaired) electrons. The van der Waals surface area contributed by atoms with Crippen molar-refractivity contribution >= 4 is 41.4 Å². The summed E-state index contributed by atoms with van der Waals surface area (Å²) in [7, 11) is 1.64. The molecule has 8 heteroatoms. The van der Waals surface area contributed by atoms with Gasteiger partial charge in [0.05, 0.1) is 20.3 Å². The Morgan fingerprint density at radius 1 is 1.10 bits per heavy atom. The van der Waals surface area contributed by atoms with Crippen molar-refractivity contribution in [3.63, 3.8) is 0 Å².